The molecule has 0 aliphatic rings. The first-order valence-electron chi connectivity index (χ1n) is 7.70. The zero-order valence-electron chi connectivity index (χ0n) is 13.5. The number of rotatable bonds is 4. The van der Waals surface area contributed by atoms with E-state index in [9.17, 15) is 0 Å². The molecule has 0 fully saturated rings. The highest BCUT2D eigenvalue weighted by atomic mass is 15.2. The van der Waals surface area contributed by atoms with Gasteiger partial charge in [0.25, 0.3) is 0 Å². The van der Waals surface area contributed by atoms with Crippen molar-refractivity contribution < 1.29 is 0 Å². The number of nitrogens with zero attached hydrogens (tertiary/aromatic N) is 5. The van der Waals surface area contributed by atoms with Crippen LogP contribution < -0.4 is 16.4 Å². The van der Waals surface area contributed by atoms with Crippen molar-refractivity contribution in [3.63, 3.8) is 0 Å². The summed E-state index contributed by atoms with van der Waals surface area (Å²) in [6.07, 6.45) is 7.28. The van der Waals surface area contributed by atoms with Crippen LogP contribution in [0.15, 0.2) is 55.1 Å². The van der Waals surface area contributed by atoms with E-state index in [0.717, 1.165) is 22.7 Å². The molecule has 0 saturated carbocycles. The first kappa shape index (κ1) is 14.9. The zero-order valence-corrected chi connectivity index (χ0v) is 13.5. The van der Waals surface area contributed by atoms with Crippen LogP contribution in [0.25, 0.3) is 5.65 Å². The lowest BCUT2D eigenvalue weighted by Crippen LogP contribution is -2.04. The largest absolute Gasteiger partial charge is 0.383 e. The predicted octanol–water partition coefficient (Wildman–Crippen LogP) is 2.90. The van der Waals surface area contributed by atoms with Crippen molar-refractivity contribution in [1.29, 1.82) is 0 Å². The average Bonchev–Trinajstić information content (AvgIpc) is 3.04. The van der Waals surface area contributed by atoms with E-state index in [-0.39, 0.29) is 0 Å². The van der Waals surface area contributed by atoms with E-state index in [2.05, 4.69) is 30.6 Å². The van der Waals surface area contributed by atoms with Crippen LogP contribution >= 0.6 is 0 Å². The standard InChI is InChI=1S/C17H16N8/c1-11-2-3-13(10-20-11)22-17-23-14(18)9-15(24-17)21-12-4-6-25-7-5-19-16(25)8-12/h2-10H,1H3,(H4,18,21,22,23,24). The maximum atomic E-state index is 5.90. The number of nitrogen functional groups attached to an aromatic ring is 1. The van der Waals surface area contributed by atoms with Gasteiger partial charge >= 0.3 is 0 Å². The highest BCUT2D eigenvalue weighted by molar-refractivity contribution is 5.65. The summed E-state index contributed by atoms with van der Waals surface area (Å²) in [5.74, 6) is 1.35. The number of aromatic nitrogens is 5. The highest BCUT2D eigenvalue weighted by Crippen LogP contribution is 2.20. The van der Waals surface area contributed by atoms with Crippen LogP contribution in [0.2, 0.25) is 0 Å². The molecule has 0 aromatic carbocycles. The molecule has 0 amide bonds. The summed E-state index contributed by atoms with van der Waals surface area (Å²) in [6.45, 7) is 1.93. The van der Waals surface area contributed by atoms with Gasteiger partial charge in [0.2, 0.25) is 5.95 Å². The number of nitrogens with two attached hydrogens (primary N) is 1. The molecule has 0 bridgehead atoms. The molecule has 8 nitrogen and oxygen atoms in total. The van der Waals surface area contributed by atoms with Gasteiger partial charge in [-0.15, -0.1) is 0 Å². The SMILES string of the molecule is Cc1ccc(Nc2nc(N)cc(Nc3ccn4ccnc4c3)n2)cn1. The molecule has 8 heteroatoms. The second-order valence-corrected chi connectivity index (χ2v) is 5.55. The number of nitrogens with one attached hydrogen (secondary N) is 2. The van der Waals surface area contributed by atoms with Crippen molar-refractivity contribution in [3.8, 4) is 0 Å². The van der Waals surface area contributed by atoms with Crippen molar-refractivity contribution in [3.05, 3.63) is 60.8 Å². The van der Waals surface area contributed by atoms with Gasteiger partial charge in [0.1, 0.15) is 17.3 Å². The first-order valence-corrected chi connectivity index (χ1v) is 7.70. The molecular weight excluding hydrogens is 316 g/mol. The Morgan fingerprint density at radius 3 is 2.72 bits per heavy atom. The normalized spacial score (nSPS) is 10.8. The van der Waals surface area contributed by atoms with Crippen LogP contribution in [0.4, 0.5) is 29.0 Å². The van der Waals surface area contributed by atoms with E-state index >= 15 is 0 Å². The van der Waals surface area contributed by atoms with Crippen molar-refractivity contribution >= 4 is 34.6 Å². The van der Waals surface area contributed by atoms with Gasteiger partial charge in [0.05, 0.1) is 11.9 Å². The van der Waals surface area contributed by atoms with Crippen molar-refractivity contribution in [1.82, 2.24) is 24.3 Å². The van der Waals surface area contributed by atoms with Crippen LogP contribution in [0, 0.1) is 6.92 Å². The van der Waals surface area contributed by atoms with Crippen LogP contribution in [0.1, 0.15) is 5.69 Å². The molecule has 0 aliphatic heterocycles. The summed E-state index contributed by atoms with van der Waals surface area (Å²) in [6, 6.07) is 9.36. The molecule has 124 valence electrons. The van der Waals surface area contributed by atoms with Gasteiger partial charge in [-0.1, -0.05) is 0 Å². The third kappa shape index (κ3) is 3.32. The van der Waals surface area contributed by atoms with Gasteiger partial charge in [0.15, 0.2) is 0 Å². The summed E-state index contributed by atoms with van der Waals surface area (Å²) in [5, 5.41) is 6.32. The third-order valence-electron chi connectivity index (χ3n) is 3.58. The quantitative estimate of drug-likeness (QED) is 0.527. The summed E-state index contributed by atoms with van der Waals surface area (Å²) in [5.41, 5.74) is 9.34. The van der Waals surface area contributed by atoms with Crippen molar-refractivity contribution in [2.45, 2.75) is 6.92 Å². The van der Waals surface area contributed by atoms with Gasteiger partial charge in [-0.3, -0.25) is 4.98 Å². The maximum Gasteiger partial charge on any atom is 0.231 e. The van der Waals surface area contributed by atoms with Crippen molar-refractivity contribution in [2.24, 2.45) is 0 Å². The Morgan fingerprint density at radius 2 is 1.88 bits per heavy atom. The average molecular weight is 332 g/mol. The predicted molar refractivity (Wildman–Crippen MR) is 97.2 cm³/mol. The Labute approximate surface area is 143 Å². The zero-order chi connectivity index (χ0) is 17.2. The van der Waals surface area contributed by atoms with E-state index in [1.54, 1.807) is 18.5 Å². The van der Waals surface area contributed by atoms with E-state index in [0.29, 0.717) is 17.6 Å². The molecule has 0 aliphatic carbocycles. The molecule has 0 unspecified atom stereocenters. The Kier molecular flexibility index (Phi) is 3.62. The molecule has 4 heterocycles. The Balaban J connectivity index is 1.59. The summed E-state index contributed by atoms with van der Waals surface area (Å²) >= 11 is 0. The molecule has 4 aromatic rings. The minimum atomic E-state index is 0.363. The van der Waals surface area contributed by atoms with E-state index < -0.39 is 0 Å². The fourth-order valence-corrected chi connectivity index (χ4v) is 2.39. The number of aryl methyl sites for hydroxylation is 1. The Hall–Kier alpha value is -3.68. The Bertz CT molecular complexity index is 1020. The van der Waals surface area contributed by atoms with Gasteiger partial charge < -0.3 is 20.8 Å². The minimum Gasteiger partial charge on any atom is -0.383 e. The molecule has 25 heavy (non-hydrogen) atoms. The van der Waals surface area contributed by atoms with Crippen LogP contribution in [-0.2, 0) is 0 Å². The lowest BCUT2D eigenvalue weighted by Gasteiger charge is -2.10. The number of pyridine rings is 2. The smallest absolute Gasteiger partial charge is 0.231 e. The molecule has 0 spiro atoms. The van der Waals surface area contributed by atoms with Crippen LogP contribution in [-0.4, -0.2) is 24.3 Å². The number of hydrogen-bond acceptors (Lipinski definition) is 7. The van der Waals surface area contributed by atoms with E-state index in [1.165, 1.54) is 0 Å². The van der Waals surface area contributed by atoms with Gasteiger partial charge in [-0.05, 0) is 25.1 Å². The van der Waals surface area contributed by atoms with E-state index in [1.807, 2.05) is 48.0 Å². The van der Waals surface area contributed by atoms with Gasteiger partial charge in [-0.25, -0.2) is 4.98 Å². The molecule has 4 aromatic heterocycles. The molecule has 4 rings (SSSR count). The van der Waals surface area contributed by atoms with E-state index in [4.69, 9.17) is 5.73 Å². The number of imidazole rings is 1. The highest BCUT2D eigenvalue weighted by Gasteiger charge is 2.05. The molecule has 0 atom stereocenters. The topological polar surface area (TPSA) is 106 Å². The lowest BCUT2D eigenvalue weighted by molar-refractivity contribution is 1.15. The van der Waals surface area contributed by atoms with Crippen molar-refractivity contribution in [2.75, 3.05) is 16.4 Å². The number of anilines is 5. The monoisotopic (exact) mass is 332 g/mol. The van der Waals surface area contributed by atoms with Crippen LogP contribution in [0.3, 0.4) is 0 Å². The van der Waals surface area contributed by atoms with Crippen LogP contribution in [0.5, 0.6) is 0 Å². The first-order chi connectivity index (χ1) is 12.2. The number of hydrogen-bond donors (Lipinski definition) is 3. The fraction of sp³-hybridized carbons (Fsp3) is 0.0588. The molecular formula is C17H16N8. The summed E-state index contributed by atoms with van der Waals surface area (Å²) in [4.78, 5) is 17.2. The summed E-state index contributed by atoms with van der Waals surface area (Å²) < 4.78 is 1.93. The lowest BCUT2D eigenvalue weighted by atomic mass is 10.3. The van der Waals surface area contributed by atoms with Gasteiger partial charge in [0, 0.05) is 42.1 Å². The molecule has 0 saturated heterocycles. The maximum absolute atomic E-state index is 5.90. The minimum absolute atomic E-state index is 0.363. The molecule has 4 N–H and O–H groups in total. The Morgan fingerprint density at radius 1 is 0.960 bits per heavy atom. The summed E-state index contributed by atoms with van der Waals surface area (Å²) in [7, 11) is 0. The third-order valence-corrected chi connectivity index (χ3v) is 3.58. The number of fused-ring (bicyclic) bond motifs is 1. The second-order valence-electron chi connectivity index (χ2n) is 5.55. The second kappa shape index (κ2) is 6.08. The fourth-order valence-electron chi connectivity index (χ4n) is 2.39. The molecule has 0 radical (unpaired) electrons. The van der Waals surface area contributed by atoms with Gasteiger partial charge in [-0.2, -0.15) is 9.97 Å².